The quantitative estimate of drug-likeness (QED) is 0.763. The molecule has 0 saturated carbocycles. The number of benzene rings is 1. The van der Waals surface area contributed by atoms with Crippen molar-refractivity contribution in [3.63, 3.8) is 0 Å². The molecule has 0 aliphatic carbocycles. The summed E-state index contributed by atoms with van der Waals surface area (Å²) in [5, 5.41) is 7.94. The minimum atomic E-state index is -0.577. The monoisotopic (exact) mass is 279 g/mol. The van der Waals surface area contributed by atoms with Gasteiger partial charge in [-0.05, 0) is 38.5 Å². The fourth-order valence-corrected chi connectivity index (χ4v) is 1.82. The van der Waals surface area contributed by atoms with E-state index in [0.29, 0.717) is 24.6 Å². The van der Waals surface area contributed by atoms with Gasteiger partial charge in [-0.1, -0.05) is 11.3 Å². The average Bonchev–Trinajstić information content (AvgIpc) is 2.91. The maximum atomic E-state index is 13.8. The first-order valence-electron chi connectivity index (χ1n) is 6.57. The first-order valence-corrected chi connectivity index (χ1v) is 6.57. The first-order chi connectivity index (χ1) is 9.65. The molecule has 1 aromatic carbocycles. The van der Waals surface area contributed by atoms with Crippen LogP contribution >= 0.6 is 0 Å². The van der Waals surface area contributed by atoms with Crippen molar-refractivity contribution in [2.24, 2.45) is 0 Å². The largest absolute Gasteiger partial charge is 0.347 e. The van der Waals surface area contributed by atoms with Gasteiger partial charge in [0.15, 0.2) is 0 Å². The maximum Gasteiger partial charge on any atom is 0.204 e. The Balaban J connectivity index is 2.29. The topological polar surface area (TPSA) is 49.2 Å². The fraction of sp³-hybridized carbons (Fsp3) is 0.429. The number of halogens is 1. The summed E-state index contributed by atoms with van der Waals surface area (Å²) in [6, 6.07) is 4.83. The number of aromatic nitrogens is 3. The van der Waals surface area contributed by atoms with Crippen LogP contribution in [-0.2, 0) is 9.47 Å². The van der Waals surface area contributed by atoms with E-state index in [-0.39, 0.29) is 5.82 Å². The molecule has 0 N–H and O–H groups in total. The number of rotatable bonds is 6. The number of hydrogen-bond donors (Lipinski definition) is 0. The van der Waals surface area contributed by atoms with Crippen molar-refractivity contribution in [1.29, 1.82) is 0 Å². The minimum Gasteiger partial charge on any atom is -0.347 e. The van der Waals surface area contributed by atoms with E-state index in [2.05, 4.69) is 10.3 Å². The summed E-state index contributed by atoms with van der Waals surface area (Å²) in [5.41, 5.74) is 1.83. The standard InChI is InChI=1S/C14H18FN3O2/c1-4-19-14(20-5-2)12-9-18(17-16-12)13-8-10(3)6-7-11(13)15/h6-9,14H,4-5H2,1-3H3. The van der Waals surface area contributed by atoms with E-state index in [4.69, 9.17) is 9.47 Å². The van der Waals surface area contributed by atoms with Crippen LogP contribution < -0.4 is 0 Å². The molecule has 108 valence electrons. The molecule has 6 heteroatoms. The summed E-state index contributed by atoms with van der Waals surface area (Å²) in [4.78, 5) is 0. The van der Waals surface area contributed by atoms with Crippen molar-refractivity contribution in [3.8, 4) is 5.69 Å². The number of hydrogen-bond acceptors (Lipinski definition) is 4. The van der Waals surface area contributed by atoms with Gasteiger partial charge in [0, 0.05) is 13.2 Å². The van der Waals surface area contributed by atoms with E-state index >= 15 is 0 Å². The Bertz CT molecular complexity index is 565. The average molecular weight is 279 g/mol. The second-order valence-electron chi connectivity index (χ2n) is 4.29. The minimum absolute atomic E-state index is 0.351. The third kappa shape index (κ3) is 3.20. The number of nitrogens with zero attached hydrogens (tertiary/aromatic N) is 3. The van der Waals surface area contributed by atoms with Crippen molar-refractivity contribution in [2.75, 3.05) is 13.2 Å². The molecule has 1 heterocycles. The van der Waals surface area contributed by atoms with Crippen LogP contribution in [0.4, 0.5) is 4.39 Å². The van der Waals surface area contributed by atoms with E-state index in [1.165, 1.54) is 10.7 Å². The third-order valence-corrected chi connectivity index (χ3v) is 2.74. The SMILES string of the molecule is CCOC(OCC)c1cn(-c2cc(C)ccc2F)nn1. The van der Waals surface area contributed by atoms with Gasteiger partial charge in [-0.15, -0.1) is 5.10 Å². The molecule has 2 rings (SSSR count). The van der Waals surface area contributed by atoms with Crippen LogP contribution in [0.1, 0.15) is 31.4 Å². The molecule has 20 heavy (non-hydrogen) atoms. The summed E-state index contributed by atoms with van der Waals surface area (Å²) in [6.07, 6.45) is 1.04. The number of ether oxygens (including phenoxy) is 2. The lowest BCUT2D eigenvalue weighted by molar-refractivity contribution is -0.142. The lowest BCUT2D eigenvalue weighted by Crippen LogP contribution is -2.09. The highest BCUT2D eigenvalue weighted by atomic mass is 19.1. The zero-order valence-electron chi connectivity index (χ0n) is 11.8. The molecule has 5 nitrogen and oxygen atoms in total. The van der Waals surface area contributed by atoms with Crippen LogP contribution in [0.2, 0.25) is 0 Å². The van der Waals surface area contributed by atoms with E-state index in [1.54, 1.807) is 18.3 Å². The van der Waals surface area contributed by atoms with E-state index < -0.39 is 6.29 Å². The van der Waals surface area contributed by atoms with Gasteiger partial charge in [-0.3, -0.25) is 0 Å². The lowest BCUT2D eigenvalue weighted by atomic mass is 10.2. The van der Waals surface area contributed by atoms with Gasteiger partial charge in [-0.2, -0.15) is 0 Å². The van der Waals surface area contributed by atoms with Gasteiger partial charge >= 0.3 is 0 Å². The van der Waals surface area contributed by atoms with Gasteiger partial charge in [0.2, 0.25) is 6.29 Å². The molecule has 1 aromatic heterocycles. The van der Waals surface area contributed by atoms with Crippen LogP contribution in [0, 0.1) is 12.7 Å². The Morgan fingerprint density at radius 3 is 2.60 bits per heavy atom. The van der Waals surface area contributed by atoms with Gasteiger partial charge in [0.25, 0.3) is 0 Å². The van der Waals surface area contributed by atoms with Crippen LogP contribution in [0.3, 0.4) is 0 Å². The molecular weight excluding hydrogens is 261 g/mol. The van der Waals surface area contributed by atoms with Crippen LogP contribution in [0.5, 0.6) is 0 Å². The highest BCUT2D eigenvalue weighted by Crippen LogP contribution is 2.19. The van der Waals surface area contributed by atoms with Gasteiger partial charge in [0.1, 0.15) is 17.2 Å². The highest BCUT2D eigenvalue weighted by molar-refractivity contribution is 5.36. The Hall–Kier alpha value is -1.79. The maximum absolute atomic E-state index is 13.8. The predicted octanol–water partition coefficient (Wildman–Crippen LogP) is 2.79. The van der Waals surface area contributed by atoms with Crippen LogP contribution in [0.15, 0.2) is 24.4 Å². The van der Waals surface area contributed by atoms with Gasteiger partial charge in [-0.25, -0.2) is 9.07 Å². The Morgan fingerprint density at radius 1 is 1.25 bits per heavy atom. The molecular formula is C14H18FN3O2. The van der Waals surface area contributed by atoms with E-state index in [9.17, 15) is 4.39 Å². The molecule has 0 fully saturated rings. The first kappa shape index (κ1) is 14.6. The van der Waals surface area contributed by atoms with Gasteiger partial charge < -0.3 is 9.47 Å². The molecule has 0 atom stereocenters. The Morgan fingerprint density at radius 2 is 1.95 bits per heavy atom. The van der Waals surface area contributed by atoms with Crippen molar-refractivity contribution < 1.29 is 13.9 Å². The highest BCUT2D eigenvalue weighted by Gasteiger charge is 2.17. The molecule has 0 saturated heterocycles. The summed E-state index contributed by atoms with van der Waals surface area (Å²) in [6.45, 7) is 6.63. The van der Waals surface area contributed by atoms with E-state index in [0.717, 1.165) is 5.56 Å². The molecule has 0 aliphatic rings. The normalized spacial score (nSPS) is 11.2. The Labute approximate surface area is 117 Å². The zero-order valence-corrected chi connectivity index (χ0v) is 11.8. The Kier molecular flexibility index (Phi) is 4.81. The molecule has 2 aromatic rings. The summed E-state index contributed by atoms with van der Waals surface area (Å²) in [5.74, 6) is -0.351. The summed E-state index contributed by atoms with van der Waals surface area (Å²) < 4.78 is 26.1. The van der Waals surface area contributed by atoms with Crippen molar-refractivity contribution >= 4 is 0 Å². The molecule has 0 unspecified atom stereocenters. The van der Waals surface area contributed by atoms with E-state index in [1.807, 2.05) is 20.8 Å². The summed E-state index contributed by atoms with van der Waals surface area (Å²) >= 11 is 0. The molecule has 0 aliphatic heterocycles. The predicted molar refractivity (Wildman–Crippen MR) is 72.0 cm³/mol. The lowest BCUT2D eigenvalue weighted by Gasteiger charge is -2.13. The molecule has 0 bridgehead atoms. The van der Waals surface area contributed by atoms with Crippen molar-refractivity contribution in [1.82, 2.24) is 15.0 Å². The summed E-state index contributed by atoms with van der Waals surface area (Å²) in [7, 11) is 0. The van der Waals surface area contributed by atoms with Gasteiger partial charge in [0.05, 0.1) is 6.20 Å². The second-order valence-corrected chi connectivity index (χ2v) is 4.29. The van der Waals surface area contributed by atoms with Crippen LogP contribution in [-0.4, -0.2) is 28.2 Å². The second kappa shape index (κ2) is 6.58. The molecule has 0 spiro atoms. The molecule has 0 amide bonds. The van der Waals surface area contributed by atoms with Crippen molar-refractivity contribution in [2.45, 2.75) is 27.1 Å². The zero-order chi connectivity index (χ0) is 14.5. The van der Waals surface area contributed by atoms with Crippen LogP contribution in [0.25, 0.3) is 5.69 Å². The third-order valence-electron chi connectivity index (χ3n) is 2.74. The fourth-order valence-electron chi connectivity index (χ4n) is 1.82. The number of aryl methyl sites for hydroxylation is 1. The molecule has 0 radical (unpaired) electrons. The van der Waals surface area contributed by atoms with Crippen molar-refractivity contribution in [3.05, 3.63) is 41.5 Å². The smallest absolute Gasteiger partial charge is 0.204 e.